The second-order valence-electron chi connectivity index (χ2n) is 6.07. The van der Waals surface area contributed by atoms with Gasteiger partial charge in [-0.05, 0) is 24.6 Å². The van der Waals surface area contributed by atoms with Crippen molar-refractivity contribution in [2.75, 3.05) is 6.54 Å². The molecule has 0 aliphatic carbocycles. The number of carbonyl (C=O) groups is 1. The Morgan fingerprint density at radius 3 is 2.77 bits per heavy atom. The SMILES string of the molecule is CCCCCCNC(=O)c1cnn2c(-c3ccc(Cl)c(Cl)c3)ccnc12. The molecule has 0 saturated heterocycles. The standard InChI is InChI=1S/C19H20Cl2N4O/c1-2-3-4-5-9-23-19(26)14-12-24-25-17(8-10-22-18(14)25)13-6-7-15(20)16(21)11-13/h6-8,10-12H,2-5,9H2,1H3,(H,23,26). The number of rotatable bonds is 7. The summed E-state index contributed by atoms with van der Waals surface area (Å²) in [5.74, 6) is -0.157. The number of unbranched alkanes of at least 4 members (excludes halogenated alkanes) is 3. The van der Waals surface area contributed by atoms with Gasteiger partial charge >= 0.3 is 0 Å². The van der Waals surface area contributed by atoms with Crippen LogP contribution in [-0.2, 0) is 0 Å². The van der Waals surface area contributed by atoms with E-state index in [0.29, 0.717) is 27.8 Å². The van der Waals surface area contributed by atoms with Crippen molar-refractivity contribution in [3.05, 3.63) is 52.3 Å². The number of nitrogens with one attached hydrogen (secondary N) is 1. The first-order valence-corrected chi connectivity index (χ1v) is 9.43. The Kier molecular flexibility index (Phi) is 6.12. The van der Waals surface area contributed by atoms with Crippen molar-refractivity contribution in [1.29, 1.82) is 0 Å². The van der Waals surface area contributed by atoms with Crippen LogP contribution in [0.2, 0.25) is 10.0 Å². The number of benzene rings is 1. The summed E-state index contributed by atoms with van der Waals surface area (Å²) in [5.41, 5.74) is 2.61. The summed E-state index contributed by atoms with van der Waals surface area (Å²) < 4.78 is 1.64. The van der Waals surface area contributed by atoms with Gasteiger partial charge < -0.3 is 5.32 Å². The monoisotopic (exact) mass is 390 g/mol. The number of carbonyl (C=O) groups excluding carboxylic acids is 1. The van der Waals surface area contributed by atoms with E-state index in [1.165, 1.54) is 12.8 Å². The lowest BCUT2D eigenvalue weighted by Gasteiger charge is -2.07. The van der Waals surface area contributed by atoms with Crippen molar-refractivity contribution in [1.82, 2.24) is 19.9 Å². The largest absolute Gasteiger partial charge is 0.352 e. The highest BCUT2D eigenvalue weighted by atomic mass is 35.5. The Hall–Kier alpha value is -2.11. The summed E-state index contributed by atoms with van der Waals surface area (Å²) >= 11 is 12.1. The van der Waals surface area contributed by atoms with E-state index in [4.69, 9.17) is 23.2 Å². The van der Waals surface area contributed by atoms with Gasteiger partial charge in [0.1, 0.15) is 5.56 Å². The fourth-order valence-corrected chi connectivity index (χ4v) is 3.07. The van der Waals surface area contributed by atoms with Crippen molar-refractivity contribution >= 4 is 34.8 Å². The average Bonchev–Trinajstić information content (AvgIpc) is 3.08. The molecular weight excluding hydrogens is 371 g/mol. The van der Waals surface area contributed by atoms with Crippen LogP contribution in [0, 0.1) is 0 Å². The first-order valence-electron chi connectivity index (χ1n) is 8.68. The highest BCUT2D eigenvalue weighted by Gasteiger charge is 2.16. The number of nitrogens with zero attached hydrogens (tertiary/aromatic N) is 3. The lowest BCUT2D eigenvalue weighted by molar-refractivity contribution is 0.0954. The van der Waals surface area contributed by atoms with Crippen LogP contribution in [0.3, 0.4) is 0 Å². The fourth-order valence-electron chi connectivity index (χ4n) is 2.77. The van der Waals surface area contributed by atoms with E-state index >= 15 is 0 Å². The zero-order chi connectivity index (χ0) is 18.5. The van der Waals surface area contributed by atoms with Gasteiger partial charge in [0.25, 0.3) is 5.91 Å². The van der Waals surface area contributed by atoms with Gasteiger partial charge in [-0.25, -0.2) is 9.50 Å². The lowest BCUT2D eigenvalue weighted by Crippen LogP contribution is -2.24. The van der Waals surface area contributed by atoms with Crippen molar-refractivity contribution in [3.8, 4) is 11.3 Å². The second kappa shape index (κ2) is 8.52. The smallest absolute Gasteiger partial charge is 0.256 e. The van der Waals surface area contributed by atoms with Crippen LogP contribution in [0.1, 0.15) is 43.0 Å². The number of aromatic nitrogens is 3. The highest BCUT2D eigenvalue weighted by molar-refractivity contribution is 6.42. The maximum Gasteiger partial charge on any atom is 0.256 e. The van der Waals surface area contributed by atoms with Gasteiger partial charge in [-0.2, -0.15) is 5.10 Å². The van der Waals surface area contributed by atoms with E-state index in [2.05, 4.69) is 22.3 Å². The molecule has 0 unspecified atom stereocenters. The average molecular weight is 391 g/mol. The molecule has 26 heavy (non-hydrogen) atoms. The summed E-state index contributed by atoms with van der Waals surface area (Å²) in [4.78, 5) is 16.8. The van der Waals surface area contributed by atoms with E-state index in [-0.39, 0.29) is 5.91 Å². The maximum atomic E-state index is 12.5. The summed E-state index contributed by atoms with van der Waals surface area (Å²) in [6, 6.07) is 7.19. The topological polar surface area (TPSA) is 59.3 Å². The van der Waals surface area contributed by atoms with E-state index in [1.54, 1.807) is 29.0 Å². The molecule has 1 N–H and O–H groups in total. The van der Waals surface area contributed by atoms with Crippen molar-refractivity contribution in [2.24, 2.45) is 0 Å². The number of amides is 1. The molecule has 0 radical (unpaired) electrons. The van der Waals surface area contributed by atoms with Crippen LogP contribution in [0.25, 0.3) is 16.9 Å². The van der Waals surface area contributed by atoms with Gasteiger partial charge in [-0.3, -0.25) is 4.79 Å². The van der Waals surface area contributed by atoms with E-state index in [0.717, 1.165) is 24.1 Å². The van der Waals surface area contributed by atoms with Gasteiger partial charge in [0.15, 0.2) is 5.65 Å². The minimum atomic E-state index is -0.157. The summed E-state index contributed by atoms with van der Waals surface area (Å²) in [7, 11) is 0. The van der Waals surface area contributed by atoms with E-state index in [1.807, 2.05) is 12.1 Å². The molecule has 1 aromatic carbocycles. The first-order chi connectivity index (χ1) is 12.6. The zero-order valence-corrected chi connectivity index (χ0v) is 16.0. The fraction of sp³-hybridized carbons (Fsp3) is 0.316. The summed E-state index contributed by atoms with van der Waals surface area (Å²) in [5, 5.41) is 8.24. The first kappa shape index (κ1) is 18.7. The number of fused-ring (bicyclic) bond motifs is 1. The van der Waals surface area contributed by atoms with Crippen LogP contribution >= 0.6 is 23.2 Å². The molecule has 0 bridgehead atoms. The summed E-state index contributed by atoms with van der Waals surface area (Å²) in [6.07, 6.45) is 7.65. The highest BCUT2D eigenvalue weighted by Crippen LogP contribution is 2.28. The van der Waals surface area contributed by atoms with Gasteiger partial charge in [0.05, 0.1) is 21.9 Å². The van der Waals surface area contributed by atoms with Gasteiger partial charge in [0, 0.05) is 18.3 Å². The Morgan fingerprint density at radius 2 is 2.00 bits per heavy atom. The quantitative estimate of drug-likeness (QED) is 0.576. The molecule has 2 aromatic heterocycles. The molecule has 5 nitrogen and oxygen atoms in total. The number of hydrogen-bond acceptors (Lipinski definition) is 3. The number of halogens is 2. The predicted octanol–water partition coefficient (Wildman–Crippen LogP) is 5.01. The minimum Gasteiger partial charge on any atom is -0.352 e. The van der Waals surface area contributed by atoms with Crippen LogP contribution in [-0.4, -0.2) is 27.0 Å². The lowest BCUT2D eigenvalue weighted by atomic mass is 10.1. The molecule has 0 spiro atoms. The van der Waals surface area contributed by atoms with Gasteiger partial charge in [0.2, 0.25) is 0 Å². The molecule has 136 valence electrons. The molecule has 0 fully saturated rings. The Labute approximate surface area is 162 Å². The molecule has 0 aliphatic rings. The van der Waals surface area contributed by atoms with Crippen LogP contribution in [0.15, 0.2) is 36.7 Å². The molecule has 3 rings (SSSR count). The third-order valence-electron chi connectivity index (χ3n) is 4.18. The Balaban J connectivity index is 1.84. The second-order valence-corrected chi connectivity index (χ2v) is 6.88. The molecule has 1 amide bonds. The molecule has 7 heteroatoms. The van der Waals surface area contributed by atoms with Gasteiger partial charge in [-0.1, -0.05) is 55.5 Å². The van der Waals surface area contributed by atoms with Crippen molar-refractivity contribution in [3.63, 3.8) is 0 Å². The zero-order valence-electron chi connectivity index (χ0n) is 14.5. The van der Waals surface area contributed by atoms with Crippen LogP contribution < -0.4 is 5.32 Å². The summed E-state index contributed by atoms with van der Waals surface area (Å²) in [6.45, 7) is 2.82. The predicted molar refractivity (Wildman–Crippen MR) is 105 cm³/mol. The van der Waals surface area contributed by atoms with Crippen LogP contribution in [0.5, 0.6) is 0 Å². The molecule has 0 aliphatic heterocycles. The van der Waals surface area contributed by atoms with Crippen molar-refractivity contribution in [2.45, 2.75) is 32.6 Å². The Bertz CT molecular complexity index is 923. The molecule has 0 atom stereocenters. The molecule has 0 saturated carbocycles. The van der Waals surface area contributed by atoms with Crippen LogP contribution in [0.4, 0.5) is 0 Å². The Morgan fingerprint density at radius 1 is 1.15 bits per heavy atom. The van der Waals surface area contributed by atoms with Crippen molar-refractivity contribution < 1.29 is 4.79 Å². The molecule has 2 heterocycles. The molecular formula is C19H20Cl2N4O. The normalized spacial score (nSPS) is 11.0. The third kappa shape index (κ3) is 4.00. The van der Waals surface area contributed by atoms with E-state index in [9.17, 15) is 4.79 Å². The maximum absolute atomic E-state index is 12.5. The third-order valence-corrected chi connectivity index (χ3v) is 4.92. The van der Waals surface area contributed by atoms with E-state index < -0.39 is 0 Å². The number of hydrogen-bond donors (Lipinski definition) is 1. The molecule has 3 aromatic rings. The minimum absolute atomic E-state index is 0.157. The van der Waals surface area contributed by atoms with Gasteiger partial charge in [-0.15, -0.1) is 0 Å².